The number of H-pyrrole nitrogens is 1. The first-order valence-electron chi connectivity index (χ1n) is 11.2. The van der Waals surface area contributed by atoms with Crippen LogP contribution in [0, 0.1) is 0 Å². The van der Waals surface area contributed by atoms with Gasteiger partial charge in [0.25, 0.3) is 5.91 Å². The average molecular weight is 459 g/mol. The fourth-order valence-corrected chi connectivity index (χ4v) is 4.35. The number of para-hydroxylation sites is 2. The lowest BCUT2D eigenvalue weighted by Crippen LogP contribution is -2.39. The first-order valence-corrected chi connectivity index (χ1v) is 11.2. The standard InChI is InChI=1S/C27H26N2O5/c1-32-24-9-5-3-7-21(24)17-13-22(26-25(14-17)33-10-11-34-26)27(31)29-19(16-30)12-18-15-28-23-8-4-2-6-20(18)23/h2-9,13-15,19,28,30H,10-12,16H2,1H3,(H,29,31)/t19-/m1/s1. The maximum atomic E-state index is 13.4. The molecule has 1 atom stereocenters. The van der Waals surface area contributed by atoms with Gasteiger partial charge < -0.3 is 29.6 Å². The first-order chi connectivity index (χ1) is 16.7. The fraction of sp³-hybridized carbons (Fsp3) is 0.222. The number of hydrogen-bond acceptors (Lipinski definition) is 5. The Morgan fingerprint density at radius 3 is 2.76 bits per heavy atom. The van der Waals surface area contributed by atoms with Crippen LogP contribution in [0.1, 0.15) is 15.9 Å². The summed E-state index contributed by atoms with van der Waals surface area (Å²) < 4.78 is 17.1. The summed E-state index contributed by atoms with van der Waals surface area (Å²) in [6.07, 6.45) is 2.40. The highest BCUT2D eigenvalue weighted by Gasteiger charge is 2.25. The van der Waals surface area contributed by atoms with Gasteiger partial charge in [-0.2, -0.15) is 0 Å². The summed E-state index contributed by atoms with van der Waals surface area (Å²) in [5.41, 5.74) is 4.03. The third-order valence-electron chi connectivity index (χ3n) is 6.00. The van der Waals surface area contributed by atoms with Crippen molar-refractivity contribution in [3.8, 4) is 28.4 Å². The van der Waals surface area contributed by atoms with E-state index in [2.05, 4.69) is 10.3 Å². The molecule has 34 heavy (non-hydrogen) atoms. The Labute approximate surface area is 197 Å². The van der Waals surface area contributed by atoms with Gasteiger partial charge in [-0.05, 0) is 41.8 Å². The molecular formula is C27H26N2O5. The minimum Gasteiger partial charge on any atom is -0.496 e. The summed E-state index contributed by atoms with van der Waals surface area (Å²) in [5, 5.41) is 14.1. The molecule has 1 aliphatic rings. The van der Waals surface area contributed by atoms with Crippen LogP contribution in [0.3, 0.4) is 0 Å². The Morgan fingerprint density at radius 1 is 1.12 bits per heavy atom. The topological polar surface area (TPSA) is 92.8 Å². The van der Waals surface area contributed by atoms with E-state index in [1.807, 2.05) is 60.8 Å². The van der Waals surface area contributed by atoms with Crippen molar-refractivity contribution in [2.24, 2.45) is 0 Å². The quantitative estimate of drug-likeness (QED) is 0.390. The number of ether oxygens (including phenoxy) is 3. The van der Waals surface area contributed by atoms with Crippen molar-refractivity contribution in [1.29, 1.82) is 0 Å². The van der Waals surface area contributed by atoms with Crippen molar-refractivity contribution in [3.05, 3.63) is 78.0 Å². The minimum absolute atomic E-state index is 0.197. The van der Waals surface area contributed by atoms with Gasteiger partial charge in [-0.1, -0.05) is 36.4 Å². The maximum Gasteiger partial charge on any atom is 0.255 e. The van der Waals surface area contributed by atoms with E-state index in [9.17, 15) is 9.90 Å². The predicted molar refractivity (Wildman–Crippen MR) is 130 cm³/mol. The van der Waals surface area contributed by atoms with E-state index < -0.39 is 6.04 Å². The molecule has 5 rings (SSSR count). The van der Waals surface area contributed by atoms with Gasteiger partial charge in [-0.25, -0.2) is 0 Å². The lowest BCUT2D eigenvalue weighted by Gasteiger charge is -2.23. The number of rotatable bonds is 7. The number of amides is 1. The lowest BCUT2D eigenvalue weighted by atomic mass is 9.99. The molecule has 0 unspecified atom stereocenters. The van der Waals surface area contributed by atoms with Crippen molar-refractivity contribution in [1.82, 2.24) is 10.3 Å². The predicted octanol–water partition coefficient (Wildman–Crippen LogP) is 3.95. The van der Waals surface area contributed by atoms with Crippen LogP contribution in [0.2, 0.25) is 0 Å². The van der Waals surface area contributed by atoms with Crippen LogP contribution < -0.4 is 19.5 Å². The largest absolute Gasteiger partial charge is 0.496 e. The van der Waals surface area contributed by atoms with Crippen LogP contribution in [0.15, 0.2) is 66.9 Å². The molecule has 0 fully saturated rings. The second kappa shape index (κ2) is 9.49. The number of aromatic amines is 1. The number of carbonyl (C=O) groups excluding carboxylic acids is 1. The number of carbonyl (C=O) groups is 1. The van der Waals surface area contributed by atoms with Crippen LogP contribution in [-0.4, -0.2) is 49.0 Å². The van der Waals surface area contributed by atoms with E-state index in [1.165, 1.54) is 0 Å². The Balaban J connectivity index is 1.46. The van der Waals surface area contributed by atoms with Crippen molar-refractivity contribution >= 4 is 16.8 Å². The molecule has 0 saturated carbocycles. The molecular weight excluding hydrogens is 432 g/mol. The third kappa shape index (κ3) is 4.18. The number of aromatic nitrogens is 1. The summed E-state index contributed by atoms with van der Waals surface area (Å²) >= 11 is 0. The SMILES string of the molecule is COc1ccccc1-c1cc2c(c(C(=O)N[C@@H](CO)Cc3c[nH]c4ccccc34)c1)OCCO2. The zero-order chi connectivity index (χ0) is 23.5. The van der Waals surface area contributed by atoms with E-state index >= 15 is 0 Å². The summed E-state index contributed by atoms with van der Waals surface area (Å²) in [7, 11) is 1.61. The zero-order valence-electron chi connectivity index (χ0n) is 18.8. The van der Waals surface area contributed by atoms with Gasteiger partial charge in [0, 0.05) is 22.7 Å². The maximum absolute atomic E-state index is 13.4. The molecule has 0 radical (unpaired) electrons. The number of aliphatic hydroxyl groups excluding tert-OH is 1. The molecule has 0 aliphatic carbocycles. The van der Waals surface area contributed by atoms with E-state index in [1.54, 1.807) is 13.2 Å². The van der Waals surface area contributed by atoms with Gasteiger partial charge in [-0.15, -0.1) is 0 Å². The van der Waals surface area contributed by atoms with Crippen molar-refractivity contribution in [3.63, 3.8) is 0 Å². The molecule has 1 amide bonds. The molecule has 174 valence electrons. The monoisotopic (exact) mass is 458 g/mol. The number of aliphatic hydroxyl groups is 1. The number of hydrogen-bond donors (Lipinski definition) is 3. The minimum atomic E-state index is -0.471. The Kier molecular flexibility index (Phi) is 6.10. The summed E-state index contributed by atoms with van der Waals surface area (Å²) in [4.78, 5) is 16.7. The highest BCUT2D eigenvalue weighted by Crippen LogP contribution is 2.40. The third-order valence-corrected chi connectivity index (χ3v) is 6.00. The Bertz CT molecular complexity index is 1330. The van der Waals surface area contributed by atoms with Crippen LogP contribution in [0.4, 0.5) is 0 Å². The molecule has 0 bridgehead atoms. The molecule has 4 aromatic rings. The number of methoxy groups -OCH3 is 1. The van der Waals surface area contributed by atoms with Crippen LogP contribution in [0.5, 0.6) is 17.2 Å². The number of nitrogens with one attached hydrogen (secondary N) is 2. The molecule has 3 aromatic carbocycles. The smallest absolute Gasteiger partial charge is 0.255 e. The van der Waals surface area contributed by atoms with Gasteiger partial charge in [0.15, 0.2) is 11.5 Å². The van der Waals surface area contributed by atoms with Crippen LogP contribution >= 0.6 is 0 Å². The Hall–Kier alpha value is -3.97. The highest BCUT2D eigenvalue weighted by molar-refractivity contribution is 6.00. The second-order valence-electron chi connectivity index (χ2n) is 8.16. The van der Waals surface area contributed by atoms with Crippen LogP contribution in [-0.2, 0) is 6.42 Å². The zero-order valence-corrected chi connectivity index (χ0v) is 18.8. The number of benzene rings is 3. The number of fused-ring (bicyclic) bond motifs is 2. The van der Waals surface area contributed by atoms with Crippen LogP contribution in [0.25, 0.3) is 22.0 Å². The van der Waals surface area contributed by atoms with E-state index in [4.69, 9.17) is 14.2 Å². The van der Waals surface area contributed by atoms with Crippen molar-refractivity contribution in [2.75, 3.05) is 26.9 Å². The molecule has 2 heterocycles. The van der Waals surface area contributed by atoms with Gasteiger partial charge in [0.2, 0.25) is 0 Å². The van der Waals surface area contributed by atoms with Gasteiger partial charge >= 0.3 is 0 Å². The van der Waals surface area contributed by atoms with Gasteiger partial charge in [0.05, 0.1) is 25.3 Å². The first kappa shape index (κ1) is 21.9. The van der Waals surface area contributed by atoms with E-state index in [0.29, 0.717) is 42.4 Å². The molecule has 1 aromatic heterocycles. The van der Waals surface area contributed by atoms with Gasteiger partial charge in [-0.3, -0.25) is 4.79 Å². The van der Waals surface area contributed by atoms with Crippen molar-refractivity contribution < 1.29 is 24.1 Å². The summed E-state index contributed by atoms with van der Waals surface area (Å²) in [6.45, 7) is 0.570. The lowest BCUT2D eigenvalue weighted by molar-refractivity contribution is 0.0906. The van der Waals surface area contributed by atoms with E-state index in [0.717, 1.165) is 27.6 Å². The molecule has 3 N–H and O–H groups in total. The summed E-state index contributed by atoms with van der Waals surface area (Å²) in [6, 6.07) is 18.7. The van der Waals surface area contributed by atoms with E-state index in [-0.39, 0.29) is 12.5 Å². The normalized spacial score (nSPS) is 13.5. The molecule has 7 nitrogen and oxygen atoms in total. The molecule has 0 spiro atoms. The summed E-state index contributed by atoms with van der Waals surface area (Å²) in [5.74, 6) is 1.28. The molecule has 1 aliphatic heterocycles. The fourth-order valence-electron chi connectivity index (χ4n) is 4.35. The Morgan fingerprint density at radius 2 is 1.91 bits per heavy atom. The average Bonchev–Trinajstić information content (AvgIpc) is 3.30. The van der Waals surface area contributed by atoms with Crippen molar-refractivity contribution in [2.45, 2.75) is 12.5 Å². The molecule has 0 saturated heterocycles. The highest BCUT2D eigenvalue weighted by atomic mass is 16.6. The van der Waals surface area contributed by atoms with Gasteiger partial charge in [0.1, 0.15) is 19.0 Å². The second-order valence-corrected chi connectivity index (χ2v) is 8.16. The molecule has 7 heteroatoms.